The molecule has 1 N–H and O–H groups in total. The van der Waals surface area contributed by atoms with Crippen LogP contribution < -0.4 is 5.32 Å². The fraction of sp³-hybridized carbons (Fsp3) is 0.385. The molecule has 1 heterocycles. The average Bonchev–Trinajstić information content (AvgIpc) is 2.92. The average molecular weight is 326 g/mol. The standard InChI is InChI=1S/C13H16ClN5OS/c1-9(2)7-15-12(20)8-21-13-16-17-18-19(13)11-5-3-10(14)4-6-11/h3-6,9H,7-8H2,1-2H3,(H,15,20). The van der Waals surface area contributed by atoms with Crippen LogP contribution in [0.5, 0.6) is 0 Å². The monoisotopic (exact) mass is 325 g/mol. The summed E-state index contributed by atoms with van der Waals surface area (Å²) < 4.78 is 1.58. The fourth-order valence-electron chi connectivity index (χ4n) is 1.51. The molecule has 21 heavy (non-hydrogen) atoms. The van der Waals surface area contributed by atoms with Crippen molar-refractivity contribution in [3.63, 3.8) is 0 Å². The summed E-state index contributed by atoms with van der Waals surface area (Å²) in [4.78, 5) is 11.7. The van der Waals surface area contributed by atoms with E-state index in [0.29, 0.717) is 22.6 Å². The molecule has 0 unspecified atom stereocenters. The van der Waals surface area contributed by atoms with Crippen molar-refractivity contribution in [2.45, 2.75) is 19.0 Å². The maximum atomic E-state index is 11.7. The quantitative estimate of drug-likeness (QED) is 0.824. The third-order valence-electron chi connectivity index (χ3n) is 2.55. The molecule has 2 rings (SSSR count). The number of benzene rings is 1. The Labute approximate surface area is 132 Å². The van der Waals surface area contributed by atoms with Gasteiger partial charge >= 0.3 is 0 Å². The van der Waals surface area contributed by atoms with Gasteiger partial charge in [0.05, 0.1) is 11.4 Å². The van der Waals surface area contributed by atoms with Crippen molar-refractivity contribution < 1.29 is 4.79 Å². The lowest BCUT2D eigenvalue weighted by atomic mass is 10.2. The molecule has 0 aliphatic heterocycles. The summed E-state index contributed by atoms with van der Waals surface area (Å²) in [5.41, 5.74) is 0.800. The molecule has 8 heteroatoms. The zero-order chi connectivity index (χ0) is 15.2. The van der Waals surface area contributed by atoms with Gasteiger partial charge in [-0.15, -0.1) is 5.10 Å². The van der Waals surface area contributed by atoms with Gasteiger partial charge in [0.15, 0.2) is 0 Å². The van der Waals surface area contributed by atoms with Crippen LogP contribution in [0.1, 0.15) is 13.8 Å². The van der Waals surface area contributed by atoms with Crippen LogP contribution in [0.4, 0.5) is 0 Å². The van der Waals surface area contributed by atoms with Crippen LogP contribution in [0.15, 0.2) is 29.4 Å². The second-order valence-electron chi connectivity index (χ2n) is 4.84. The normalized spacial score (nSPS) is 10.9. The molecule has 0 radical (unpaired) electrons. The van der Waals surface area contributed by atoms with E-state index in [-0.39, 0.29) is 11.7 Å². The summed E-state index contributed by atoms with van der Waals surface area (Å²) in [6.07, 6.45) is 0. The van der Waals surface area contributed by atoms with Crippen LogP contribution in [0.2, 0.25) is 5.02 Å². The van der Waals surface area contributed by atoms with Crippen LogP contribution in [-0.4, -0.2) is 38.4 Å². The summed E-state index contributed by atoms with van der Waals surface area (Å²) in [6.45, 7) is 4.77. The van der Waals surface area contributed by atoms with E-state index in [1.165, 1.54) is 11.8 Å². The van der Waals surface area contributed by atoms with Crippen LogP contribution >= 0.6 is 23.4 Å². The molecule has 0 saturated carbocycles. The largest absolute Gasteiger partial charge is 0.355 e. The maximum Gasteiger partial charge on any atom is 0.230 e. The minimum absolute atomic E-state index is 0.0284. The van der Waals surface area contributed by atoms with Crippen LogP contribution in [0, 0.1) is 5.92 Å². The van der Waals surface area contributed by atoms with Gasteiger partial charge in [-0.2, -0.15) is 4.68 Å². The molecule has 0 fully saturated rings. The van der Waals surface area contributed by atoms with E-state index in [4.69, 9.17) is 11.6 Å². The lowest BCUT2D eigenvalue weighted by Gasteiger charge is -2.07. The third kappa shape index (κ3) is 4.71. The first-order valence-corrected chi connectivity index (χ1v) is 7.86. The number of amides is 1. The van der Waals surface area contributed by atoms with Crippen molar-refractivity contribution in [3.05, 3.63) is 29.3 Å². The lowest BCUT2D eigenvalue weighted by Crippen LogP contribution is -2.28. The number of carbonyl (C=O) groups is 1. The Morgan fingerprint density at radius 2 is 2.10 bits per heavy atom. The van der Waals surface area contributed by atoms with Crippen molar-refractivity contribution in [1.82, 2.24) is 25.5 Å². The molecular formula is C13H16ClN5OS. The summed E-state index contributed by atoms with van der Waals surface area (Å²) >= 11 is 7.15. The number of rotatable bonds is 6. The molecule has 1 aromatic carbocycles. The highest BCUT2D eigenvalue weighted by atomic mass is 35.5. The molecule has 112 valence electrons. The van der Waals surface area contributed by atoms with Gasteiger partial charge in [0.2, 0.25) is 11.1 Å². The first-order valence-electron chi connectivity index (χ1n) is 6.50. The highest BCUT2D eigenvalue weighted by Crippen LogP contribution is 2.19. The number of nitrogens with zero attached hydrogens (tertiary/aromatic N) is 4. The first kappa shape index (κ1) is 15.8. The molecule has 1 amide bonds. The second-order valence-corrected chi connectivity index (χ2v) is 6.22. The molecule has 0 aliphatic rings. The molecule has 0 atom stereocenters. The SMILES string of the molecule is CC(C)CNC(=O)CSc1nnnn1-c1ccc(Cl)cc1. The van der Waals surface area contributed by atoms with Gasteiger partial charge < -0.3 is 5.32 Å². The Morgan fingerprint density at radius 1 is 1.38 bits per heavy atom. The van der Waals surface area contributed by atoms with Gasteiger partial charge in [0.1, 0.15) is 0 Å². The van der Waals surface area contributed by atoms with Gasteiger partial charge in [0.25, 0.3) is 0 Å². The third-order valence-corrected chi connectivity index (χ3v) is 3.72. The summed E-state index contributed by atoms with van der Waals surface area (Å²) in [6, 6.07) is 7.17. The molecule has 0 spiro atoms. The zero-order valence-corrected chi connectivity index (χ0v) is 13.4. The molecule has 0 bridgehead atoms. The first-order chi connectivity index (χ1) is 10.1. The van der Waals surface area contributed by atoms with E-state index in [1.54, 1.807) is 16.8 Å². The highest BCUT2D eigenvalue weighted by molar-refractivity contribution is 7.99. The number of thioether (sulfide) groups is 1. The highest BCUT2D eigenvalue weighted by Gasteiger charge is 2.11. The predicted molar refractivity (Wildman–Crippen MR) is 82.7 cm³/mol. The van der Waals surface area contributed by atoms with Crippen molar-refractivity contribution in [1.29, 1.82) is 0 Å². The molecule has 1 aromatic heterocycles. The minimum Gasteiger partial charge on any atom is -0.355 e. The van der Waals surface area contributed by atoms with Gasteiger partial charge in [0, 0.05) is 11.6 Å². The second kappa shape index (κ2) is 7.42. The molecule has 0 saturated heterocycles. The van der Waals surface area contributed by atoms with Crippen molar-refractivity contribution >= 4 is 29.3 Å². The van der Waals surface area contributed by atoms with E-state index in [9.17, 15) is 4.79 Å². The number of tetrazole rings is 1. The predicted octanol–water partition coefficient (Wildman–Crippen LogP) is 2.18. The van der Waals surface area contributed by atoms with Crippen molar-refractivity contribution in [3.8, 4) is 5.69 Å². The van der Waals surface area contributed by atoms with Crippen LogP contribution in [0.25, 0.3) is 5.69 Å². The Kier molecular flexibility index (Phi) is 5.58. The minimum atomic E-state index is -0.0284. The van der Waals surface area contributed by atoms with E-state index < -0.39 is 0 Å². The number of hydrogen-bond acceptors (Lipinski definition) is 5. The van der Waals surface area contributed by atoms with Crippen molar-refractivity contribution in [2.24, 2.45) is 5.92 Å². The smallest absolute Gasteiger partial charge is 0.230 e. The van der Waals surface area contributed by atoms with E-state index in [2.05, 4.69) is 34.7 Å². The molecule has 0 aliphatic carbocycles. The Hall–Kier alpha value is -1.60. The molecular weight excluding hydrogens is 310 g/mol. The number of halogens is 1. The topological polar surface area (TPSA) is 72.7 Å². The maximum absolute atomic E-state index is 11.7. The van der Waals surface area contributed by atoms with Crippen LogP contribution in [-0.2, 0) is 4.79 Å². The number of hydrogen-bond donors (Lipinski definition) is 1. The van der Waals surface area contributed by atoms with Crippen molar-refractivity contribution in [2.75, 3.05) is 12.3 Å². The molecule has 6 nitrogen and oxygen atoms in total. The summed E-state index contributed by atoms with van der Waals surface area (Å²) in [7, 11) is 0. The van der Waals surface area contributed by atoms with Gasteiger partial charge in [-0.3, -0.25) is 4.79 Å². The van der Waals surface area contributed by atoms with E-state index in [1.807, 2.05) is 12.1 Å². The number of nitrogens with one attached hydrogen (secondary N) is 1. The van der Waals surface area contributed by atoms with Crippen LogP contribution in [0.3, 0.4) is 0 Å². The van der Waals surface area contributed by atoms with Gasteiger partial charge in [-0.1, -0.05) is 37.2 Å². The molecule has 2 aromatic rings. The Bertz CT molecular complexity index is 599. The summed E-state index contributed by atoms with van der Waals surface area (Å²) in [5, 5.41) is 15.6. The van der Waals surface area contributed by atoms with E-state index in [0.717, 1.165) is 5.69 Å². The summed E-state index contributed by atoms with van der Waals surface area (Å²) in [5.74, 6) is 0.679. The lowest BCUT2D eigenvalue weighted by molar-refractivity contribution is -0.118. The van der Waals surface area contributed by atoms with Gasteiger partial charge in [-0.05, 0) is 40.6 Å². The fourth-order valence-corrected chi connectivity index (χ4v) is 2.36. The number of aromatic nitrogens is 4. The number of carbonyl (C=O) groups excluding carboxylic acids is 1. The van der Waals surface area contributed by atoms with Gasteiger partial charge in [-0.25, -0.2) is 0 Å². The Morgan fingerprint density at radius 3 is 2.76 bits per heavy atom. The zero-order valence-electron chi connectivity index (χ0n) is 11.8. The Balaban J connectivity index is 1.97. The van der Waals surface area contributed by atoms with E-state index >= 15 is 0 Å².